The predicted molar refractivity (Wildman–Crippen MR) is 122 cm³/mol. The lowest BCUT2D eigenvalue weighted by Gasteiger charge is -2.56. The first-order valence-electron chi connectivity index (χ1n) is 11.9. The molecule has 7 heteroatoms. The zero-order valence-electron chi connectivity index (χ0n) is 18.8. The number of carbonyl (C=O) groups is 2. The van der Waals surface area contributed by atoms with E-state index in [-0.39, 0.29) is 23.9 Å². The molecule has 0 unspecified atom stereocenters. The van der Waals surface area contributed by atoms with Crippen molar-refractivity contribution in [1.82, 2.24) is 25.3 Å². The minimum atomic E-state index is -0.119. The van der Waals surface area contributed by atoms with Gasteiger partial charge in [0.1, 0.15) is 0 Å². The van der Waals surface area contributed by atoms with Crippen LogP contribution in [0.3, 0.4) is 0 Å². The van der Waals surface area contributed by atoms with E-state index in [2.05, 4.69) is 15.7 Å². The van der Waals surface area contributed by atoms with Gasteiger partial charge in [-0.15, -0.1) is 0 Å². The van der Waals surface area contributed by atoms with Gasteiger partial charge in [-0.3, -0.25) is 4.79 Å². The first-order valence-corrected chi connectivity index (χ1v) is 11.9. The molecule has 7 nitrogen and oxygen atoms in total. The predicted octanol–water partition coefficient (Wildman–Crippen LogP) is 3.49. The summed E-state index contributed by atoms with van der Waals surface area (Å²) in [5, 5.41) is 10.6. The maximum absolute atomic E-state index is 12.5. The molecule has 6 rings (SSSR count). The zero-order chi connectivity index (χ0) is 22.1. The van der Waals surface area contributed by atoms with E-state index in [1.54, 1.807) is 18.1 Å². The maximum atomic E-state index is 12.5. The SMILES string of the molecule is CN(Cc1cnn(-c2ccccc2)c1)C(=O)CCNC(=O)NC12CC3CC(CC(C3)C1)C2. The molecule has 32 heavy (non-hydrogen) atoms. The van der Waals surface area contributed by atoms with Gasteiger partial charge in [-0.1, -0.05) is 18.2 Å². The molecule has 0 spiro atoms. The third-order valence-corrected chi connectivity index (χ3v) is 7.54. The minimum Gasteiger partial charge on any atom is -0.341 e. The Labute approximate surface area is 189 Å². The van der Waals surface area contributed by atoms with Crippen LogP contribution in [0.4, 0.5) is 4.79 Å². The lowest BCUT2D eigenvalue weighted by atomic mass is 9.53. The van der Waals surface area contributed by atoms with Gasteiger partial charge in [0.25, 0.3) is 0 Å². The van der Waals surface area contributed by atoms with Gasteiger partial charge in [0.05, 0.1) is 11.9 Å². The van der Waals surface area contributed by atoms with E-state index in [1.165, 1.54) is 19.3 Å². The van der Waals surface area contributed by atoms with Crippen LogP contribution in [-0.4, -0.2) is 45.8 Å². The number of nitrogens with one attached hydrogen (secondary N) is 2. The molecular formula is C25H33N5O2. The fourth-order valence-electron chi connectivity index (χ4n) is 6.55. The van der Waals surface area contributed by atoms with E-state index in [4.69, 9.17) is 0 Å². The van der Waals surface area contributed by atoms with E-state index in [1.807, 2.05) is 41.2 Å². The Hall–Kier alpha value is -2.83. The highest BCUT2D eigenvalue weighted by molar-refractivity contribution is 5.78. The molecule has 1 aromatic carbocycles. The molecule has 0 aliphatic heterocycles. The minimum absolute atomic E-state index is 0.00144. The number of hydrogen-bond donors (Lipinski definition) is 2. The highest BCUT2D eigenvalue weighted by atomic mass is 16.2. The second-order valence-corrected chi connectivity index (χ2v) is 10.2. The van der Waals surface area contributed by atoms with Crippen LogP contribution in [0.15, 0.2) is 42.7 Å². The number of para-hydroxylation sites is 1. The summed E-state index contributed by atoms with van der Waals surface area (Å²) < 4.78 is 1.81. The Balaban J connectivity index is 1.06. The normalized spacial score (nSPS) is 27.8. The van der Waals surface area contributed by atoms with Gasteiger partial charge in [-0.25, -0.2) is 9.48 Å². The highest BCUT2D eigenvalue weighted by Gasteiger charge is 2.51. The summed E-state index contributed by atoms with van der Waals surface area (Å²) in [6, 6.07) is 9.78. The van der Waals surface area contributed by atoms with Crippen LogP contribution in [-0.2, 0) is 11.3 Å². The average molecular weight is 436 g/mol. The molecule has 1 aromatic heterocycles. The van der Waals surface area contributed by atoms with Crippen molar-refractivity contribution in [3.63, 3.8) is 0 Å². The van der Waals surface area contributed by atoms with Crippen LogP contribution in [0.2, 0.25) is 0 Å². The Morgan fingerprint density at radius 2 is 1.75 bits per heavy atom. The summed E-state index contributed by atoms with van der Waals surface area (Å²) in [7, 11) is 1.79. The molecule has 0 atom stereocenters. The molecule has 4 bridgehead atoms. The molecule has 3 amide bonds. The van der Waals surface area contributed by atoms with Crippen molar-refractivity contribution < 1.29 is 9.59 Å². The topological polar surface area (TPSA) is 79.3 Å². The van der Waals surface area contributed by atoms with E-state index in [0.29, 0.717) is 13.1 Å². The number of hydrogen-bond acceptors (Lipinski definition) is 3. The number of rotatable bonds is 7. The molecule has 170 valence electrons. The van der Waals surface area contributed by atoms with Gasteiger partial charge < -0.3 is 15.5 Å². The van der Waals surface area contributed by atoms with Crippen LogP contribution in [0, 0.1) is 17.8 Å². The molecular weight excluding hydrogens is 402 g/mol. The van der Waals surface area contributed by atoms with Crippen LogP contribution < -0.4 is 10.6 Å². The lowest BCUT2D eigenvalue weighted by molar-refractivity contribution is -0.130. The monoisotopic (exact) mass is 435 g/mol. The second kappa shape index (κ2) is 8.60. The summed E-state index contributed by atoms with van der Waals surface area (Å²) in [6.07, 6.45) is 11.5. The van der Waals surface area contributed by atoms with Crippen molar-refractivity contribution in [2.45, 2.75) is 57.0 Å². The van der Waals surface area contributed by atoms with Gasteiger partial charge >= 0.3 is 6.03 Å². The second-order valence-electron chi connectivity index (χ2n) is 10.2. The molecule has 4 aliphatic carbocycles. The first kappa shape index (κ1) is 21.0. The van der Waals surface area contributed by atoms with E-state index >= 15 is 0 Å². The molecule has 4 aliphatic rings. The molecule has 1 heterocycles. The van der Waals surface area contributed by atoms with Gasteiger partial charge in [-0.05, 0) is 68.4 Å². The molecule has 2 N–H and O–H groups in total. The largest absolute Gasteiger partial charge is 0.341 e. The van der Waals surface area contributed by atoms with Crippen molar-refractivity contribution in [3.8, 4) is 5.69 Å². The quantitative estimate of drug-likeness (QED) is 0.699. The van der Waals surface area contributed by atoms with Crippen molar-refractivity contribution in [2.75, 3.05) is 13.6 Å². The molecule has 4 saturated carbocycles. The lowest BCUT2D eigenvalue weighted by Crippen LogP contribution is -2.61. The number of urea groups is 1. The van der Waals surface area contributed by atoms with E-state index in [0.717, 1.165) is 48.3 Å². The number of carbonyl (C=O) groups excluding carboxylic acids is 2. The number of aromatic nitrogens is 2. The van der Waals surface area contributed by atoms with E-state index in [9.17, 15) is 9.59 Å². The highest BCUT2D eigenvalue weighted by Crippen LogP contribution is 2.55. The Morgan fingerprint density at radius 3 is 2.41 bits per heavy atom. The van der Waals surface area contributed by atoms with Crippen molar-refractivity contribution >= 4 is 11.9 Å². The van der Waals surface area contributed by atoms with Gasteiger partial charge in [-0.2, -0.15) is 5.10 Å². The van der Waals surface area contributed by atoms with Crippen LogP contribution >= 0.6 is 0 Å². The van der Waals surface area contributed by atoms with Crippen molar-refractivity contribution in [1.29, 1.82) is 0 Å². The van der Waals surface area contributed by atoms with Crippen LogP contribution in [0.25, 0.3) is 5.69 Å². The smallest absolute Gasteiger partial charge is 0.315 e. The Bertz CT molecular complexity index is 934. The number of benzene rings is 1. The summed E-state index contributed by atoms with van der Waals surface area (Å²) >= 11 is 0. The fraction of sp³-hybridized carbons (Fsp3) is 0.560. The summed E-state index contributed by atoms with van der Waals surface area (Å²) in [4.78, 5) is 26.8. The Kier molecular flexibility index (Phi) is 5.66. The standard InChI is InChI=1S/C25H33N5O2/c1-29(16-21-15-27-30(17-21)22-5-3-2-4-6-22)23(31)7-8-26-24(32)28-25-12-18-9-19(13-25)11-20(10-18)14-25/h2-6,15,17-20H,7-14,16H2,1H3,(H2,26,28,32). The molecule has 0 radical (unpaired) electrons. The maximum Gasteiger partial charge on any atom is 0.315 e. The third-order valence-electron chi connectivity index (χ3n) is 7.54. The molecule has 2 aromatic rings. The summed E-state index contributed by atoms with van der Waals surface area (Å²) in [6.45, 7) is 0.843. The van der Waals surface area contributed by atoms with Gasteiger partial charge in [0.15, 0.2) is 0 Å². The molecule has 4 fully saturated rings. The summed E-state index contributed by atoms with van der Waals surface area (Å²) in [5.41, 5.74) is 1.96. The van der Waals surface area contributed by atoms with Crippen LogP contribution in [0.1, 0.15) is 50.5 Å². The van der Waals surface area contributed by atoms with Gasteiger partial charge in [0, 0.05) is 43.9 Å². The molecule has 0 saturated heterocycles. The van der Waals surface area contributed by atoms with Crippen LogP contribution in [0.5, 0.6) is 0 Å². The fourth-order valence-corrected chi connectivity index (χ4v) is 6.55. The number of nitrogens with zero attached hydrogens (tertiary/aromatic N) is 3. The van der Waals surface area contributed by atoms with E-state index < -0.39 is 0 Å². The third kappa shape index (κ3) is 4.52. The van der Waals surface area contributed by atoms with Crippen molar-refractivity contribution in [3.05, 3.63) is 48.3 Å². The Morgan fingerprint density at radius 1 is 1.09 bits per heavy atom. The zero-order valence-corrected chi connectivity index (χ0v) is 18.8. The number of amides is 3. The van der Waals surface area contributed by atoms with Gasteiger partial charge in [0.2, 0.25) is 5.91 Å². The first-order chi connectivity index (χ1) is 15.5. The summed E-state index contributed by atoms with van der Waals surface area (Å²) in [5.74, 6) is 2.39. The van der Waals surface area contributed by atoms with Crippen molar-refractivity contribution in [2.24, 2.45) is 17.8 Å². The average Bonchev–Trinajstić information content (AvgIpc) is 3.21.